The topological polar surface area (TPSA) is 59.4 Å². The molecule has 2 aliphatic rings. The maximum absolute atomic E-state index is 12.0. The van der Waals surface area contributed by atoms with Crippen molar-refractivity contribution in [1.29, 1.82) is 0 Å². The van der Waals surface area contributed by atoms with E-state index in [9.17, 15) is 4.79 Å². The third kappa shape index (κ3) is 3.93. The molecule has 0 radical (unpaired) electrons. The molecule has 0 saturated carbocycles. The predicted molar refractivity (Wildman–Crippen MR) is 87.7 cm³/mol. The van der Waals surface area contributed by atoms with Gasteiger partial charge in [0.1, 0.15) is 0 Å². The number of hydrogen-bond donors (Lipinski definition) is 1. The van der Waals surface area contributed by atoms with Gasteiger partial charge in [-0.3, -0.25) is 9.69 Å². The van der Waals surface area contributed by atoms with Crippen LogP contribution in [0.15, 0.2) is 12.5 Å². The van der Waals surface area contributed by atoms with Crippen molar-refractivity contribution in [2.24, 2.45) is 18.9 Å². The molecule has 2 saturated heterocycles. The van der Waals surface area contributed by atoms with Gasteiger partial charge in [-0.1, -0.05) is 0 Å². The summed E-state index contributed by atoms with van der Waals surface area (Å²) in [6.07, 6.45) is 5.50. The number of nitrogens with zero attached hydrogens (tertiary/aromatic N) is 3. The number of likely N-dealkylation sites (tertiary alicyclic amines) is 1. The van der Waals surface area contributed by atoms with Crippen LogP contribution in [0.2, 0.25) is 0 Å². The molecule has 6 nitrogen and oxygen atoms in total. The minimum atomic E-state index is 0.0950. The van der Waals surface area contributed by atoms with Gasteiger partial charge in [0.2, 0.25) is 5.91 Å². The van der Waals surface area contributed by atoms with Crippen LogP contribution in [-0.4, -0.2) is 52.2 Å². The highest BCUT2D eigenvalue weighted by molar-refractivity contribution is 5.76. The Morgan fingerprint density at radius 2 is 2.35 bits per heavy atom. The molecule has 1 amide bonds. The Bertz CT molecular complexity index is 542. The number of carbonyl (C=O) groups excluding carboxylic acids is 1. The van der Waals surface area contributed by atoms with Gasteiger partial charge < -0.3 is 14.6 Å². The van der Waals surface area contributed by atoms with Crippen LogP contribution in [0.1, 0.15) is 32.4 Å². The normalized spacial score (nSPS) is 28.1. The number of nitrogens with one attached hydrogen (secondary N) is 1. The van der Waals surface area contributed by atoms with Crippen LogP contribution in [0.25, 0.3) is 0 Å². The van der Waals surface area contributed by atoms with E-state index in [0.29, 0.717) is 18.3 Å². The first-order valence-corrected chi connectivity index (χ1v) is 8.61. The van der Waals surface area contributed by atoms with Gasteiger partial charge in [0.05, 0.1) is 31.2 Å². The van der Waals surface area contributed by atoms with Crippen LogP contribution in [0, 0.1) is 11.8 Å². The van der Waals surface area contributed by atoms with Crippen molar-refractivity contribution in [2.75, 3.05) is 19.7 Å². The predicted octanol–water partition coefficient (Wildman–Crippen LogP) is 1.17. The van der Waals surface area contributed by atoms with E-state index in [1.54, 1.807) is 0 Å². The summed E-state index contributed by atoms with van der Waals surface area (Å²) in [5.74, 6) is 1.19. The number of piperidine rings is 1. The largest absolute Gasteiger partial charge is 0.377 e. The van der Waals surface area contributed by atoms with Crippen LogP contribution in [0.4, 0.5) is 0 Å². The lowest BCUT2D eigenvalue weighted by Gasteiger charge is -2.35. The summed E-state index contributed by atoms with van der Waals surface area (Å²) in [5, 5.41) is 2.97. The first-order chi connectivity index (χ1) is 11.0. The van der Waals surface area contributed by atoms with E-state index < -0.39 is 0 Å². The van der Waals surface area contributed by atoms with E-state index in [1.165, 1.54) is 5.69 Å². The van der Waals surface area contributed by atoms with Crippen LogP contribution in [0.3, 0.4) is 0 Å². The lowest BCUT2D eigenvalue weighted by Crippen LogP contribution is -2.42. The number of imidazole rings is 1. The fraction of sp³-hybridized carbons (Fsp3) is 0.765. The van der Waals surface area contributed by atoms with E-state index in [4.69, 9.17) is 4.74 Å². The minimum Gasteiger partial charge on any atom is -0.377 e. The third-order valence-corrected chi connectivity index (χ3v) is 5.02. The quantitative estimate of drug-likeness (QED) is 0.885. The van der Waals surface area contributed by atoms with Gasteiger partial charge in [-0.2, -0.15) is 0 Å². The van der Waals surface area contributed by atoms with E-state index in [-0.39, 0.29) is 18.1 Å². The molecule has 3 rings (SSSR count). The second-order valence-electron chi connectivity index (χ2n) is 7.24. The van der Waals surface area contributed by atoms with Crippen molar-refractivity contribution in [1.82, 2.24) is 19.8 Å². The zero-order valence-electron chi connectivity index (χ0n) is 14.4. The van der Waals surface area contributed by atoms with Crippen LogP contribution >= 0.6 is 0 Å². The first kappa shape index (κ1) is 16.5. The summed E-state index contributed by atoms with van der Waals surface area (Å²) in [6, 6.07) is 0.195. The first-order valence-electron chi connectivity index (χ1n) is 8.61. The maximum Gasteiger partial charge on any atom is 0.222 e. The van der Waals surface area contributed by atoms with Crippen molar-refractivity contribution in [3.8, 4) is 0 Å². The van der Waals surface area contributed by atoms with Gasteiger partial charge in [0.15, 0.2) is 0 Å². The van der Waals surface area contributed by atoms with Crippen molar-refractivity contribution >= 4 is 5.91 Å². The van der Waals surface area contributed by atoms with Gasteiger partial charge in [0.25, 0.3) is 0 Å². The monoisotopic (exact) mass is 320 g/mol. The highest BCUT2D eigenvalue weighted by atomic mass is 16.5. The molecule has 128 valence electrons. The average Bonchev–Trinajstić information content (AvgIpc) is 3.05. The molecule has 6 heteroatoms. The molecule has 1 aromatic rings. The standard InChI is InChI=1S/C17H28N4O2/c1-12(2)19-17(22)6-16-15-4-5-21(8-13(15)10-23-16)9-14-7-18-11-20(14)3/h7,11-13,15-16H,4-6,8-10H2,1-3H3,(H,19,22)/t13-,15-,16+/m1/s1. The van der Waals surface area contributed by atoms with Gasteiger partial charge in [-0.15, -0.1) is 0 Å². The zero-order chi connectivity index (χ0) is 16.4. The molecular formula is C17H28N4O2. The van der Waals surface area contributed by atoms with Gasteiger partial charge in [-0.05, 0) is 32.7 Å². The number of hydrogen-bond acceptors (Lipinski definition) is 4. The summed E-state index contributed by atoms with van der Waals surface area (Å²) < 4.78 is 8.03. The third-order valence-electron chi connectivity index (χ3n) is 5.02. The number of aromatic nitrogens is 2. The molecule has 0 unspecified atom stereocenters. The number of amides is 1. The Morgan fingerprint density at radius 1 is 1.52 bits per heavy atom. The molecule has 3 atom stereocenters. The molecular weight excluding hydrogens is 292 g/mol. The molecule has 0 spiro atoms. The summed E-state index contributed by atoms with van der Waals surface area (Å²) in [7, 11) is 2.04. The Labute approximate surface area is 138 Å². The number of aryl methyl sites for hydroxylation is 1. The minimum absolute atomic E-state index is 0.0950. The van der Waals surface area contributed by atoms with E-state index >= 15 is 0 Å². The Balaban J connectivity index is 1.52. The molecule has 3 heterocycles. The van der Waals surface area contributed by atoms with Crippen LogP contribution in [-0.2, 0) is 23.1 Å². The number of fused-ring (bicyclic) bond motifs is 1. The highest BCUT2D eigenvalue weighted by Crippen LogP contribution is 2.36. The maximum atomic E-state index is 12.0. The fourth-order valence-electron chi connectivity index (χ4n) is 3.85. The number of rotatable bonds is 5. The van der Waals surface area contributed by atoms with Crippen LogP contribution in [0.5, 0.6) is 0 Å². The molecule has 2 aliphatic heterocycles. The zero-order valence-corrected chi connectivity index (χ0v) is 14.4. The Hall–Kier alpha value is -1.40. The number of carbonyl (C=O) groups is 1. The average molecular weight is 320 g/mol. The summed E-state index contributed by atoms with van der Waals surface area (Å²) >= 11 is 0. The van der Waals surface area contributed by atoms with Crippen LogP contribution < -0.4 is 5.32 Å². The lowest BCUT2D eigenvalue weighted by atomic mass is 9.83. The second-order valence-corrected chi connectivity index (χ2v) is 7.24. The molecule has 1 aromatic heterocycles. The molecule has 2 fully saturated rings. The molecule has 0 bridgehead atoms. The van der Waals surface area contributed by atoms with Gasteiger partial charge in [-0.25, -0.2) is 4.98 Å². The van der Waals surface area contributed by atoms with Crippen molar-refractivity contribution in [3.05, 3.63) is 18.2 Å². The lowest BCUT2D eigenvalue weighted by molar-refractivity contribution is -0.124. The Kier molecular flexibility index (Phi) is 5.02. The van der Waals surface area contributed by atoms with E-state index in [0.717, 1.165) is 32.7 Å². The summed E-state index contributed by atoms with van der Waals surface area (Å²) in [4.78, 5) is 18.7. The second kappa shape index (κ2) is 7.01. The highest BCUT2D eigenvalue weighted by Gasteiger charge is 2.41. The SMILES string of the molecule is CC(C)NC(=O)C[C@@H]1OC[C@H]2CN(Cc3cncn3C)CC[C@H]21. The van der Waals surface area contributed by atoms with Crippen molar-refractivity contribution in [3.63, 3.8) is 0 Å². The smallest absolute Gasteiger partial charge is 0.222 e. The van der Waals surface area contributed by atoms with Gasteiger partial charge >= 0.3 is 0 Å². The molecule has 0 aromatic carbocycles. The summed E-state index contributed by atoms with van der Waals surface area (Å²) in [6.45, 7) is 7.83. The van der Waals surface area contributed by atoms with E-state index in [1.807, 2.05) is 33.4 Å². The fourth-order valence-corrected chi connectivity index (χ4v) is 3.85. The van der Waals surface area contributed by atoms with E-state index in [2.05, 4.69) is 19.8 Å². The molecule has 23 heavy (non-hydrogen) atoms. The Morgan fingerprint density at radius 3 is 3.04 bits per heavy atom. The number of ether oxygens (including phenoxy) is 1. The summed E-state index contributed by atoms with van der Waals surface area (Å²) in [5.41, 5.74) is 1.25. The van der Waals surface area contributed by atoms with Crippen molar-refractivity contribution < 1.29 is 9.53 Å². The van der Waals surface area contributed by atoms with Crippen molar-refractivity contribution in [2.45, 2.75) is 45.4 Å². The molecule has 0 aliphatic carbocycles. The molecule has 1 N–H and O–H groups in total. The van der Waals surface area contributed by atoms with Gasteiger partial charge in [0, 0.05) is 38.3 Å².